The number of aryl methyl sites for hydroxylation is 1. The van der Waals surface area contributed by atoms with Crippen molar-refractivity contribution >= 4 is 0 Å². The first-order valence-electron chi connectivity index (χ1n) is 4.50. The Morgan fingerprint density at radius 2 is 2.33 bits per heavy atom. The van der Waals surface area contributed by atoms with E-state index < -0.39 is 0 Å². The van der Waals surface area contributed by atoms with Crippen molar-refractivity contribution in [3.63, 3.8) is 0 Å². The molecule has 2 unspecified atom stereocenters. The van der Waals surface area contributed by atoms with Gasteiger partial charge in [-0.2, -0.15) is 4.98 Å². The third-order valence-electron chi connectivity index (χ3n) is 2.59. The molecule has 1 aliphatic rings. The zero-order valence-corrected chi connectivity index (χ0v) is 7.46. The summed E-state index contributed by atoms with van der Waals surface area (Å²) >= 11 is 0. The van der Waals surface area contributed by atoms with Gasteiger partial charge in [-0.15, -0.1) is 0 Å². The van der Waals surface area contributed by atoms with Crippen LogP contribution in [0, 0.1) is 5.92 Å². The van der Waals surface area contributed by atoms with E-state index in [9.17, 15) is 5.11 Å². The normalized spacial score (nSPS) is 27.5. The minimum Gasteiger partial charge on any atom is -0.492 e. The number of hydrogen-bond donors (Lipinski definition) is 2. The summed E-state index contributed by atoms with van der Waals surface area (Å²) in [7, 11) is 0. The molecule has 0 amide bonds. The van der Waals surface area contributed by atoms with Gasteiger partial charge < -0.3 is 10.1 Å². The highest BCUT2D eigenvalue weighted by atomic mass is 16.3. The van der Waals surface area contributed by atoms with Crippen molar-refractivity contribution < 1.29 is 5.11 Å². The molecule has 1 aromatic heterocycles. The SMILES string of the molecule is CCc1[nH]c(C2CC2C)nc1O. The number of aromatic nitrogens is 2. The Bertz CT molecular complexity index is 293. The minimum absolute atomic E-state index is 0.187. The molecule has 0 aromatic carbocycles. The summed E-state index contributed by atoms with van der Waals surface area (Å²) in [5, 5.41) is 9.35. The van der Waals surface area contributed by atoms with E-state index >= 15 is 0 Å². The van der Waals surface area contributed by atoms with Crippen molar-refractivity contribution in [2.45, 2.75) is 32.6 Å². The maximum absolute atomic E-state index is 9.35. The molecule has 66 valence electrons. The number of H-pyrrole nitrogens is 1. The second-order valence-electron chi connectivity index (χ2n) is 3.60. The lowest BCUT2D eigenvalue weighted by atomic mass is 10.3. The molecule has 3 heteroatoms. The first kappa shape index (κ1) is 7.65. The van der Waals surface area contributed by atoms with Crippen molar-refractivity contribution in [3.05, 3.63) is 11.5 Å². The van der Waals surface area contributed by atoms with Crippen LogP contribution in [0.5, 0.6) is 5.88 Å². The van der Waals surface area contributed by atoms with Crippen LogP contribution in [0.25, 0.3) is 0 Å². The zero-order chi connectivity index (χ0) is 8.72. The smallest absolute Gasteiger partial charge is 0.232 e. The molecule has 1 saturated carbocycles. The molecule has 3 nitrogen and oxygen atoms in total. The van der Waals surface area contributed by atoms with Crippen LogP contribution in [-0.4, -0.2) is 15.1 Å². The van der Waals surface area contributed by atoms with E-state index in [0.717, 1.165) is 23.9 Å². The Morgan fingerprint density at radius 3 is 2.75 bits per heavy atom. The Balaban J connectivity index is 2.23. The minimum atomic E-state index is 0.187. The van der Waals surface area contributed by atoms with Gasteiger partial charge in [0, 0.05) is 5.92 Å². The molecule has 2 atom stereocenters. The van der Waals surface area contributed by atoms with Crippen LogP contribution in [-0.2, 0) is 6.42 Å². The lowest BCUT2D eigenvalue weighted by Crippen LogP contribution is -1.85. The van der Waals surface area contributed by atoms with E-state index in [-0.39, 0.29) is 5.88 Å². The molecule has 0 radical (unpaired) electrons. The average Bonchev–Trinajstić information content (AvgIpc) is 2.63. The van der Waals surface area contributed by atoms with Crippen LogP contribution in [0.4, 0.5) is 0 Å². The lowest BCUT2D eigenvalue weighted by molar-refractivity contribution is 0.449. The number of hydrogen-bond acceptors (Lipinski definition) is 2. The number of aromatic hydroxyl groups is 1. The molecule has 1 fully saturated rings. The summed E-state index contributed by atoms with van der Waals surface area (Å²) in [6, 6.07) is 0. The van der Waals surface area contributed by atoms with Crippen LogP contribution in [0.1, 0.15) is 37.7 Å². The van der Waals surface area contributed by atoms with Gasteiger partial charge in [0.25, 0.3) is 0 Å². The van der Waals surface area contributed by atoms with Crippen LogP contribution in [0.15, 0.2) is 0 Å². The number of rotatable bonds is 2. The predicted molar refractivity (Wildman–Crippen MR) is 46.2 cm³/mol. The topological polar surface area (TPSA) is 48.9 Å². The summed E-state index contributed by atoms with van der Waals surface area (Å²) in [5.41, 5.74) is 0.865. The maximum atomic E-state index is 9.35. The molecule has 2 rings (SSSR count). The Hall–Kier alpha value is -0.990. The predicted octanol–water partition coefficient (Wildman–Crippen LogP) is 1.80. The molecule has 12 heavy (non-hydrogen) atoms. The van der Waals surface area contributed by atoms with Gasteiger partial charge >= 0.3 is 0 Å². The lowest BCUT2D eigenvalue weighted by Gasteiger charge is -1.89. The highest BCUT2D eigenvalue weighted by molar-refractivity contribution is 5.23. The molecule has 0 aliphatic heterocycles. The quantitative estimate of drug-likeness (QED) is 0.703. The van der Waals surface area contributed by atoms with E-state index in [4.69, 9.17) is 0 Å². The van der Waals surface area contributed by atoms with Gasteiger partial charge in [0.2, 0.25) is 5.88 Å². The van der Waals surface area contributed by atoms with E-state index in [1.165, 1.54) is 6.42 Å². The molecule has 1 aliphatic carbocycles. The van der Waals surface area contributed by atoms with Crippen molar-refractivity contribution in [3.8, 4) is 5.88 Å². The standard InChI is InChI=1S/C9H14N2O/c1-3-7-9(12)11-8(10-7)6-4-5(6)2/h5-6,12H,3-4H2,1-2H3,(H,10,11). The van der Waals surface area contributed by atoms with Gasteiger partial charge in [0.1, 0.15) is 5.82 Å². The summed E-state index contributed by atoms with van der Waals surface area (Å²) in [5.74, 6) is 2.46. The highest BCUT2D eigenvalue weighted by Gasteiger charge is 2.36. The van der Waals surface area contributed by atoms with Crippen molar-refractivity contribution in [1.82, 2.24) is 9.97 Å². The molecule has 0 saturated heterocycles. The second-order valence-corrected chi connectivity index (χ2v) is 3.60. The first-order chi connectivity index (χ1) is 5.72. The summed E-state index contributed by atoms with van der Waals surface area (Å²) in [4.78, 5) is 7.26. The van der Waals surface area contributed by atoms with E-state index in [2.05, 4.69) is 16.9 Å². The number of aromatic amines is 1. The number of imidazole rings is 1. The molecular formula is C9H14N2O. The monoisotopic (exact) mass is 166 g/mol. The molecule has 0 spiro atoms. The largest absolute Gasteiger partial charge is 0.492 e. The Morgan fingerprint density at radius 1 is 1.67 bits per heavy atom. The van der Waals surface area contributed by atoms with Crippen LogP contribution >= 0.6 is 0 Å². The Kier molecular flexibility index (Phi) is 1.60. The number of nitrogens with zero attached hydrogens (tertiary/aromatic N) is 1. The van der Waals surface area contributed by atoms with Crippen molar-refractivity contribution in [2.24, 2.45) is 5.92 Å². The molecule has 2 N–H and O–H groups in total. The van der Waals surface area contributed by atoms with Gasteiger partial charge in [0.05, 0.1) is 5.69 Å². The van der Waals surface area contributed by atoms with Gasteiger partial charge in [-0.1, -0.05) is 13.8 Å². The molecule has 1 heterocycles. The fraction of sp³-hybridized carbons (Fsp3) is 0.667. The van der Waals surface area contributed by atoms with E-state index in [1.807, 2.05) is 6.92 Å². The Labute approximate surface area is 71.8 Å². The third-order valence-corrected chi connectivity index (χ3v) is 2.59. The summed E-state index contributed by atoms with van der Waals surface area (Å²) in [6.07, 6.45) is 2.02. The first-order valence-corrected chi connectivity index (χ1v) is 4.50. The van der Waals surface area contributed by atoms with Crippen molar-refractivity contribution in [1.29, 1.82) is 0 Å². The number of nitrogens with one attached hydrogen (secondary N) is 1. The summed E-state index contributed by atoms with van der Waals surface area (Å²) in [6.45, 7) is 4.21. The average molecular weight is 166 g/mol. The van der Waals surface area contributed by atoms with Gasteiger partial charge in [-0.3, -0.25) is 0 Å². The van der Waals surface area contributed by atoms with Crippen LogP contribution < -0.4 is 0 Å². The van der Waals surface area contributed by atoms with Crippen molar-refractivity contribution in [2.75, 3.05) is 0 Å². The third kappa shape index (κ3) is 1.09. The molecule has 0 bridgehead atoms. The summed E-state index contributed by atoms with van der Waals surface area (Å²) < 4.78 is 0. The van der Waals surface area contributed by atoms with Crippen LogP contribution in [0.3, 0.4) is 0 Å². The highest BCUT2D eigenvalue weighted by Crippen LogP contribution is 2.46. The van der Waals surface area contributed by atoms with Gasteiger partial charge in [0.15, 0.2) is 0 Å². The fourth-order valence-corrected chi connectivity index (χ4v) is 1.55. The zero-order valence-electron chi connectivity index (χ0n) is 7.46. The maximum Gasteiger partial charge on any atom is 0.232 e. The van der Waals surface area contributed by atoms with E-state index in [1.54, 1.807) is 0 Å². The van der Waals surface area contributed by atoms with Gasteiger partial charge in [-0.25, -0.2) is 0 Å². The van der Waals surface area contributed by atoms with Crippen LogP contribution in [0.2, 0.25) is 0 Å². The molecular weight excluding hydrogens is 152 g/mol. The van der Waals surface area contributed by atoms with Gasteiger partial charge in [-0.05, 0) is 18.8 Å². The fourth-order valence-electron chi connectivity index (χ4n) is 1.55. The van der Waals surface area contributed by atoms with E-state index in [0.29, 0.717) is 5.92 Å². The second kappa shape index (κ2) is 2.51. The molecule has 1 aromatic rings.